The minimum Gasteiger partial charge on any atom is -0.384 e. The van der Waals surface area contributed by atoms with Crippen molar-refractivity contribution in [3.05, 3.63) is 63.7 Å². The van der Waals surface area contributed by atoms with E-state index in [1.165, 1.54) is 12.1 Å². The molecular formula is C16H17ClO3S. The van der Waals surface area contributed by atoms with Crippen molar-refractivity contribution in [2.45, 2.75) is 24.8 Å². The molecule has 2 aromatic rings. The smallest absolute Gasteiger partial charge is 0.175 e. The Kier molecular flexibility index (Phi) is 4.42. The second kappa shape index (κ2) is 5.79. The fourth-order valence-electron chi connectivity index (χ4n) is 2.17. The molecule has 2 rings (SSSR count). The zero-order chi connectivity index (χ0) is 15.8. The fraction of sp³-hybridized carbons (Fsp3) is 0.250. The van der Waals surface area contributed by atoms with Crippen molar-refractivity contribution in [2.24, 2.45) is 0 Å². The standard InChI is InChI=1S/C16H17ClO3S/c1-10-9-15(17)11(2)8-14(10)16(18)12-4-6-13(7-5-12)21(3,19)20/h4-9,16,18H,1-3H3. The molecule has 0 saturated carbocycles. The molecule has 2 aromatic carbocycles. The zero-order valence-corrected chi connectivity index (χ0v) is 13.7. The molecular weight excluding hydrogens is 308 g/mol. The first kappa shape index (κ1) is 16.0. The molecule has 21 heavy (non-hydrogen) atoms. The van der Waals surface area contributed by atoms with Gasteiger partial charge in [-0.25, -0.2) is 8.42 Å². The Labute approximate surface area is 130 Å². The van der Waals surface area contributed by atoms with E-state index in [1.54, 1.807) is 12.1 Å². The van der Waals surface area contributed by atoms with E-state index in [2.05, 4.69) is 0 Å². The van der Waals surface area contributed by atoms with Crippen molar-refractivity contribution in [1.82, 2.24) is 0 Å². The van der Waals surface area contributed by atoms with Crippen molar-refractivity contribution >= 4 is 21.4 Å². The first-order valence-electron chi connectivity index (χ1n) is 6.45. The third kappa shape index (κ3) is 3.46. The molecule has 1 atom stereocenters. The van der Waals surface area contributed by atoms with Gasteiger partial charge in [0.2, 0.25) is 0 Å². The number of hydrogen-bond acceptors (Lipinski definition) is 3. The molecule has 0 aliphatic rings. The minimum absolute atomic E-state index is 0.238. The van der Waals surface area contributed by atoms with Crippen LogP contribution in [0.4, 0.5) is 0 Å². The van der Waals surface area contributed by atoms with Gasteiger partial charge in [-0.3, -0.25) is 0 Å². The average molecular weight is 325 g/mol. The Hall–Kier alpha value is -1.36. The lowest BCUT2D eigenvalue weighted by Gasteiger charge is -2.16. The van der Waals surface area contributed by atoms with Crippen LogP contribution in [-0.2, 0) is 9.84 Å². The highest BCUT2D eigenvalue weighted by Crippen LogP contribution is 2.29. The van der Waals surface area contributed by atoms with Crippen molar-refractivity contribution in [1.29, 1.82) is 0 Å². The molecule has 112 valence electrons. The van der Waals surface area contributed by atoms with Gasteiger partial charge in [-0.05, 0) is 54.3 Å². The summed E-state index contributed by atoms with van der Waals surface area (Å²) in [4.78, 5) is 0.238. The van der Waals surface area contributed by atoms with Gasteiger partial charge in [-0.15, -0.1) is 0 Å². The van der Waals surface area contributed by atoms with Crippen LogP contribution in [0.25, 0.3) is 0 Å². The summed E-state index contributed by atoms with van der Waals surface area (Å²) in [5.74, 6) is 0. The van der Waals surface area contributed by atoms with Gasteiger partial charge in [0.25, 0.3) is 0 Å². The first-order chi connectivity index (χ1) is 9.70. The lowest BCUT2D eigenvalue weighted by molar-refractivity contribution is 0.219. The van der Waals surface area contributed by atoms with Crippen LogP contribution in [0.5, 0.6) is 0 Å². The van der Waals surface area contributed by atoms with Crippen molar-refractivity contribution in [3.63, 3.8) is 0 Å². The number of aliphatic hydroxyl groups excluding tert-OH is 1. The summed E-state index contributed by atoms with van der Waals surface area (Å²) in [6.07, 6.45) is 0.347. The van der Waals surface area contributed by atoms with E-state index >= 15 is 0 Å². The molecule has 3 nitrogen and oxygen atoms in total. The van der Waals surface area contributed by atoms with E-state index in [0.29, 0.717) is 10.6 Å². The van der Waals surface area contributed by atoms with Crippen LogP contribution in [-0.4, -0.2) is 19.8 Å². The summed E-state index contributed by atoms with van der Waals surface area (Å²) in [5, 5.41) is 11.2. The minimum atomic E-state index is -3.23. The van der Waals surface area contributed by atoms with Gasteiger partial charge in [0.1, 0.15) is 6.10 Å². The lowest BCUT2D eigenvalue weighted by atomic mass is 9.96. The van der Waals surface area contributed by atoms with Crippen LogP contribution in [0, 0.1) is 13.8 Å². The molecule has 0 heterocycles. The maximum Gasteiger partial charge on any atom is 0.175 e. The average Bonchev–Trinajstić information content (AvgIpc) is 2.41. The molecule has 0 bridgehead atoms. The van der Waals surface area contributed by atoms with Crippen LogP contribution in [0.1, 0.15) is 28.4 Å². The Balaban J connectivity index is 2.41. The highest BCUT2D eigenvalue weighted by Gasteiger charge is 2.15. The van der Waals surface area contributed by atoms with Crippen LogP contribution >= 0.6 is 11.6 Å². The maximum atomic E-state index is 11.4. The van der Waals surface area contributed by atoms with E-state index in [9.17, 15) is 13.5 Å². The van der Waals surface area contributed by atoms with E-state index in [0.717, 1.165) is 22.9 Å². The third-order valence-corrected chi connectivity index (χ3v) is 5.00. The SMILES string of the molecule is Cc1cc(C(O)c2ccc(S(C)(=O)=O)cc2)c(C)cc1Cl. The molecule has 1 unspecified atom stereocenters. The van der Waals surface area contributed by atoms with Crippen LogP contribution in [0.15, 0.2) is 41.3 Å². The molecule has 0 aliphatic heterocycles. The van der Waals surface area contributed by atoms with Crippen LogP contribution in [0.2, 0.25) is 5.02 Å². The summed E-state index contributed by atoms with van der Waals surface area (Å²) in [7, 11) is -3.23. The van der Waals surface area contributed by atoms with Gasteiger partial charge in [0, 0.05) is 11.3 Å². The largest absolute Gasteiger partial charge is 0.384 e. The Bertz CT molecular complexity index is 765. The highest BCUT2D eigenvalue weighted by atomic mass is 35.5. The fourth-order valence-corrected chi connectivity index (χ4v) is 3.02. The van der Waals surface area contributed by atoms with Gasteiger partial charge < -0.3 is 5.11 Å². The zero-order valence-electron chi connectivity index (χ0n) is 12.1. The van der Waals surface area contributed by atoms with Crippen LogP contribution < -0.4 is 0 Å². The van der Waals surface area contributed by atoms with Gasteiger partial charge in [0.15, 0.2) is 9.84 Å². The van der Waals surface area contributed by atoms with E-state index < -0.39 is 15.9 Å². The number of sulfone groups is 1. The highest BCUT2D eigenvalue weighted by molar-refractivity contribution is 7.90. The first-order valence-corrected chi connectivity index (χ1v) is 8.72. The lowest BCUT2D eigenvalue weighted by Crippen LogP contribution is -2.04. The summed E-state index contributed by atoms with van der Waals surface area (Å²) in [6.45, 7) is 3.76. The number of hydrogen-bond donors (Lipinski definition) is 1. The van der Waals surface area contributed by atoms with Crippen molar-refractivity contribution in [3.8, 4) is 0 Å². The van der Waals surface area contributed by atoms with Gasteiger partial charge >= 0.3 is 0 Å². The third-order valence-electron chi connectivity index (χ3n) is 3.47. The molecule has 0 radical (unpaired) electrons. The van der Waals surface area contributed by atoms with Crippen LogP contribution in [0.3, 0.4) is 0 Å². The molecule has 0 aliphatic carbocycles. The number of halogens is 1. The summed E-state index contributed by atoms with van der Waals surface area (Å²) in [5.41, 5.74) is 3.20. The Morgan fingerprint density at radius 3 is 2.14 bits per heavy atom. The number of aryl methyl sites for hydroxylation is 2. The molecule has 0 spiro atoms. The van der Waals surface area contributed by atoms with Gasteiger partial charge in [0.05, 0.1) is 4.90 Å². The predicted molar refractivity (Wildman–Crippen MR) is 84.5 cm³/mol. The van der Waals surface area contributed by atoms with E-state index in [1.807, 2.05) is 26.0 Å². The summed E-state index contributed by atoms with van der Waals surface area (Å²) in [6, 6.07) is 9.94. The van der Waals surface area contributed by atoms with Gasteiger partial charge in [-0.2, -0.15) is 0 Å². The van der Waals surface area contributed by atoms with E-state index in [4.69, 9.17) is 11.6 Å². The quantitative estimate of drug-likeness (QED) is 0.941. The Morgan fingerprint density at radius 1 is 1.05 bits per heavy atom. The second-order valence-electron chi connectivity index (χ2n) is 5.20. The molecule has 1 N–H and O–H groups in total. The van der Waals surface area contributed by atoms with Gasteiger partial charge in [-0.1, -0.05) is 29.8 Å². The molecule has 5 heteroatoms. The molecule has 0 amide bonds. The van der Waals surface area contributed by atoms with E-state index in [-0.39, 0.29) is 4.90 Å². The number of rotatable bonds is 3. The molecule has 0 fully saturated rings. The van der Waals surface area contributed by atoms with Crippen molar-refractivity contribution < 1.29 is 13.5 Å². The monoisotopic (exact) mass is 324 g/mol. The normalized spacial score (nSPS) is 13.2. The summed E-state index contributed by atoms with van der Waals surface area (Å²) >= 11 is 6.06. The second-order valence-corrected chi connectivity index (χ2v) is 7.62. The topological polar surface area (TPSA) is 54.4 Å². The predicted octanol–water partition coefficient (Wildman–Crippen LogP) is 3.44. The van der Waals surface area contributed by atoms with Crippen molar-refractivity contribution in [2.75, 3.05) is 6.26 Å². The Morgan fingerprint density at radius 2 is 1.62 bits per heavy atom. The molecule has 0 aromatic heterocycles. The number of benzene rings is 2. The number of aliphatic hydroxyl groups is 1. The summed E-state index contributed by atoms with van der Waals surface area (Å²) < 4.78 is 22.9. The molecule has 0 saturated heterocycles. The maximum absolute atomic E-state index is 11.4.